The standard InChI is InChI=1S/C23H20ClN7O/c1-13-2-4-14(5-3-13)23(32)26-9-18-8-15-6-17(24)7-16(19(15)30-18)10-31-12-29-20-21(25)27-11-28-22(20)31/h2-8,11-12,30H,9-10H2,1H3,(H,26,32)(H2,25,27,28). The Morgan fingerprint density at radius 2 is 1.97 bits per heavy atom. The van der Waals surface area contributed by atoms with E-state index in [1.807, 2.05) is 54.0 Å². The highest BCUT2D eigenvalue weighted by Gasteiger charge is 2.13. The van der Waals surface area contributed by atoms with E-state index in [4.69, 9.17) is 17.3 Å². The molecule has 0 spiro atoms. The fourth-order valence-corrected chi connectivity index (χ4v) is 3.99. The minimum atomic E-state index is -0.121. The van der Waals surface area contributed by atoms with Crippen LogP contribution in [-0.2, 0) is 13.1 Å². The molecule has 0 saturated carbocycles. The number of aromatic amines is 1. The van der Waals surface area contributed by atoms with E-state index in [2.05, 4.69) is 25.3 Å². The third-order valence-corrected chi connectivity index (χ3v) is 5.57. The number of anilines is 1. The Labute approximate surface area is 188 Å². The van der Waals surface area contributed by atoms with E-state index in [9.17, 15) is 4.79 Å². The van der Waals surface area contributed by atoms with Gasteiger partial charge in [0.05, 0.1) is 24.9 Å². The number of imidazole rings is 1. The van der Waals surface area contributed by atoms with Crippen LogP contribution < -0.4 is 11.1 Å². The average molecular weight is 446 g/mol. The van der Waals surface area contributed by atoms with Gasteiger partial charge in [-0.2, -0.15) is 0 Å². The fraction of sp³-hybridized carbons (Fsp3) is 0.130. The first-order valence-corrected chi connectivity index (χ1v) is 10.4. The number of nitrogens with one attached hydrogen (secondary N) is 2. The van der Waals surface area contributed by atoms with Crippen molar-refractivity contribution in [3.8, 4) is 0 Å². The molecular formula is C23H20ClN7O. The first-order valence-electron chi connectivity index (χ1n) is 10.0. The van der Waals surface area contributed by atoms with Gasteiger partial charge in [-0.25, -0.2) is 15.0 Å². The first-order chi connectivity index (χ1) is 15.5. The minimum Gasteiger partial charge on any atom is -0.382 e. The second-order valence-corrected chi connectivity index (χ2v) is 8.11. The third kappa shape index (κ3) is 3.76. The summed E-state index contributed by atoms with van der Waals surface area (Å²) in [5.41, 5.74) is 11.7. The first kappa shape index (κ1) is 20.0. The van der Waals surface area contributed by atoms with Crippen LogP contribution in [0.1, 0.15) is 27.2 Å². The lowest BCUT2D eigenvalue weighted by atomic mass is 10.1. The van der Waals surface area contributed by atoms with Crippen molar-refractivity contribution in [2.45, 2.75) is 20.0 Å². The second kappa shape index (κ2) is 7.97. The summed E-state index contributed by atoms with van der Waals surface area (Å²) in [7, 11) is 0. The molecule has 0 aliphatic heterocycles. The molecule has 0 fully saturated rings. The van der Waals surface area contributed by atoms with Crippen LogP contribution in [0, 0.1) is 6.92 Å². The van der Waals surface area contributed by atoms with Gasteiger partial charge in [-0.1, -0.05) is 29.3 Å². The maximum absolute atomic E-state index is 12.5. The molecule has 160 valence electrons. The number of nitrogen functional groups attached to an aromatic ring is 1. The van der Waals surface area contributed by atoms with Gasteiger partial charge in [0.2, 0.25) is 0 Å². The predicted octanol–water partition coefficient (Wildman–Crippen LogP) is 3.83. The summed E-state index contributed by atoms with van der Waals surface area (Å²) in [5.74, 6) is 0.223. The normalized spacial score (nSPS) is 11.3. The number of carbonyl (C=O) groups is 1. The smallest absolute Gasteiger partial charge is 0.251 e. The summed E-state index contributed by atoms with van der Waals surface area (Å²) in [4.78, 5) is 28.5. The van der Waals surface area contributed by atoms with Crippen LogP contribution in [0.3, 0.4) is 0 Å². The molecule has 8 nitrogen and oxygen atoms in total. The number of halogens is 1. The van der Waals surface area contributed by atoms with E-state index in [-0.39, 0.29) is 5.91 Å². The van der Waals surface area contributed by atoms with Crippen LogP contribution in [-0.4, -0.2) is 30.4 Å². The molecule has 0 atom stereocenters. The number of hydrogen-bond acceptors (Lipinski definition) is 5. The van der Waals surface area contributed by atoms with Crippen molar-refractivity contribution in [3.63, 3.8) is 0 Å². The van der Waals surface area contributed by atoms with E-state index < -0.39 is 0 Å². The van der Waals surface area contributed by atoms with Crippen LogP contribution in [0.2, 0.25) is 5.02 Å². The van der Waals surface area contributed by atoms with Crippen molar-refractivity contribution in [1.29, 1.82) is 0 Å². The number of H-pyrrole nitrogens is 1. The summed E-state index contributed by atoms with van der Waals surface area (Å²) in [6.07, 6.45) is 3.11. The number of aromatic nitrogens is 5. The van der Waals surface area contributed by atoms with E-state index in [0.717, 1.165) is 27.7 Å². The highest BCUT2D eigenvalue weighted by Crippen LogP contribution is 2.26. The van der Waals surface area contributed by atoms with Crippen molar-refractivity contribution in [2.75, 3.05) is 5.73 Å². The Kier molecular flexibility index (Phi) is 4.99. The molecular weight excluding hydrogens is 426 g/mol. The predicted molar refractivity (Wildman–Crippen MR) is 124 cm³/mol. The molecule has 5 rings (SSSR count). The third-order valence-electron chi connectivity index (χ3n) is 5.35. The van der Waals surface area contributed by atoms with Crippen LogP contribution >= 0.6 is 11.6 Å². The molecule has 0 saturated heterocycles. The number of amides is 1. The van der Waals surface area contributed by atoms with Crippen molar-refractivity contribution >= 4 is 45.4 Å². The molecule has 0 radical (unpaired) electrons. The molecule has 5 aromatic rings. The molecule has 0 bridgehead atoms. The van der Waals surface area contributed by atoms with E-state index in [1.165, 1.54) is 6.33 Å². The average Bonchev–Trinajstić information content (AvgIpc) is 3.37. The number of carbonyl (C=O) groups excluding carboxylic acids is 1. The lowest BCUT2D eigenvalue weighted by Crippen LogP contribution is -2.22. The van der Waals surface area contributed by atoms with Crippen molar-refractivity contribution in [2.24, 2.45) is 0 Å². The molecule has 4 N–H and O–H groups in total. The minimum absolute atomic E-state index is 0.121. The Bertz CT molecular complexity index is 1450. The summed E-state index contributed by atoms with van der Waals surface area (Å²) in [6, 6.07) is 13.3. The SMILES string of the molecule is Cc1ccc(C(=O)NCc2cc3cc(Cl)cc(Cn4cnc5c(N)ncnc54)c3[nH]2)cc1. The van der Waals surface area contributed by atoms with Gasteiger partial charge < -0.3 is 20.6 Å². The monoisotopic (exact) mass is 445 g/mol. The summed E-state index contributed by atoms with van der Waals surface area (Å²) < 4.78 is 1.90. The molecule has 3 aromatic heterocycles. The van der Waals surface area contributed by atoms with Gasteiger partial charge in [-0.15, -0.1) is 0 Å². The fourth-order valence-electron chi connectivity index (χ4n) is 3.74. The van der Waals surface area contributed by atoms with Crippen molar-refractivity contribution in [1.82, 2.24) is 29.8 Å². The van der Waals surface area contributed by atoms with E-state index in [1.54, 1.807) is 6.33 Å². The van der Waals surface area contributed by atoms with Gasteiger partial charge in [-0.3, -0.25) is 4.79 Å². The number of nitrogens with zero attached hydrogens (tertiary/aromatic N) is 4. The maximum Gasteiger partial charge on any atom is 0.251 e. The Morgan fingerprint density at radius 1 is 1.16 bits per heavy atom. The lowest BCUT2D eigenvalue weighted by molar-refractivity contribution is 0.0950. The molecule has 0 unspecified atom stereocenters. The molecule has 1 amide bonds. The molecule has 2 aromatic carbocycles. The summed E-state index contributed by atoms with van der Waals surface area (Å²) in [5, 5.41) is 4.55. The highest BCUT2D eigenvalue weighted by atomic mass is 35.5. The van der Waals surface area contributed by atoms with Crippen LogP contribution in [0.5, 0.6) is 0 Å². The molecule has 0 aliphatic carbocycles. The van der Waals surface area contributed by atoms with E-state index >= 15 is 0 Å². The van der Waals surface area contributed by atoms with Gasteiger partial charge in [0.1, 0.15) is 11.8 Å². The van der Waals surface area contributed by atoms with Gasteiger partial charge in [0, 0.05) is 21.7 Å². The zero-order chi connectivity index (χ0) is 22.2. The van der Waals surface area contributed by atoms with Gasteiger partial charge >= 0.3 is 0 Å². The topological polar surface area (TPSA) is 115 Å². The van der Waals surface area contributed by atoms with Crippen LogP contribution in [0.15, 0.2) is 55.1 Å². The molecule has 32 heavy (non-hydrogen) atoms. The van der Waals surface area contributed by atoms with E-state index in [0.29, 0.717) is 40.7 Å². The van der Waals surface area contributed by atoms with Gasteiger partial charge in [0.25, 0.3) is 5.91 Å². The quantitative estimate of drug-likeness (QED) is 0.380. The number of aryl methyl sites for hydroxylation is 1. The molecule has 3 heterocycles. The number of benzene rings is 2. The Hall–Kier alpha value is -3.91. The van der Waals surface area contributed by atoms with Crippen molar-refractivity contribution in [3.05, 3.63) is 82.5 Å². The Morgan fingerprint density at radius 3 is 2.78 bits per heavy atom. The second-order valence-electron chi connectivity index (χ2n) is 7.68. The maximum atomic E-state index is 12.5. The summed E-state index contributed by atoms with van der Waals surface area (Å²) in [6.45, 7) is 2.86. The zero-order valence-corrected chi connectivity index (χ0v) is 18.0. The van der Waals surface area contributed by atoms with Crippen LogP contribution in [0.4, 0.5) is 5.82 Å². The largest absolute Gasteiger partial charge is 0.382 e. The van der Waals surface area contributed by atoms with Gasteiger partial charge in [0.15, 0.2) is 11.5 Å². The van der Waals surface area contributed by atoms with Crippen LogP contribution in [0.25, 0.3) is 22.1 Å². The number of rotatable bonds is 5. The van der Waals surface area contributed by atoms with Gasteiger partial charge in [-0.05, 0) is 42.8 Å². The lowest BCUT2D eigenvalue weighted by Gasteiger charge is -2.07. The van der Waals surface area contributed by atoms with Crippen molar-refractivity contribution < 1.29 is 4.79 Å². The highest BCUT2D eigenvalue weighted by molar-refractivity contribution is 6.31. The molecule has 9 heteroatoms. The molecule has 0 aliphatic rings. The number of hydrogen-bond donors (Lipinski definition) is 3. The number of fused-ring (bicyclic) bond motifs is 2. The Balaban J connectivity index is 1.41. The zero-order valence-electron chi connectivity index (χ0n) is 17.3. The summed E-state index contributed by atoms with van der Waals surface area (Å²) >= 11 is 6.38. The number of nitrogens with two attached hydrogens (primary N) is 1.